The van der Waals surface area contributed by atoms with Gasteiger partial charge in [0.05, 0.1) is 29.4 Å². The van der Waals surface area contributed by atoms with Crippen LogP contribution in [0.15, 0.2) is 67.0 Å². The van der Waals surface area contributed by atoms with Crippen molar-refractivity contribution in [2.75, 3.05) is 11.9 Å². The van der Waals surface area contributed by atoms with Gasteiger partial charge in [-0.25, -0.2) is 9.59 Å². The molecule has 5 rings (SSSR count). The van der Waals surface area contributed by atoms with Crippen LogP contribution in [0, 0.1) is 0 Å². The Morgan fingerprint density at radius 1 is 1.00 bits per heavy atom. The molecule has 2 aliphatic rings. The molecule has 178 valence electrons. The van der Waals surface area contributed by atoms with E-state index in [1.54, 1.807) is 0 Å². The molecule has 8 nitrogen and oxygen atoms in total. The second kappa shape index (κ2) is 9.21. The van der Waals surface area contributed by atoms with Gasteiger partial charge >= 0.3 is 12.1 Å². The van der Waals surface area contributed by atoms with Crippen molar-refractivity contribution in [2.24, 2.45) is 0 Å². The number of carbonyl (C=O) groups is 3. The number of amides is 2. The summed E-state index contributed by atoms with van der Waals surface area (Å²) < 4.78 is 5.66. The number of nitrogens with one attached hydrogen (secondary N) is 2. The first kappa shape index (κ1) is 22.6. The number of nitrogens with zero attached hydrogens (tertiary/aromatic N) is 1. The quantitative estimate of drug-likeness (QED) is 0.465. The summed E-state index contributed by atoms with van der Waals surface area (Å²) >= 11 is 0. The number of ether oxygens (including phenoxy) is 1. The van der Waals surface area contributed by atoms with E-state index in [0.717, 1.165) is 28.7 Å². The highest BCUT2D eigenvalue weighted by atomic mass is 16.5. The van der Waals surface area contributed by atoms with Crippen LogP contribution in [0.2, 0.25) is 0 Å². The molecule has 1 aromatic heterocycles. The molecule has 0 unspecified atom stereocenters. The van der Waals surface area contributed by atoms with Crippen molar-refractivity contribution in [1.29, 1.82) is 0 Å². The van der Waals surface area contributed by atoms with E-state index in [1.165, 1.54) is 18.5 Å². The van der Waals surface area contributed by atoms with Crippen LogP contribution in [0.3, 0.4) is 0 Å². The van der Waals surface area contributed by atoms with Gasteiger partial charge < -0.3 is 20.5 Å². The molecule has 0 radical (unpaired) electrons. The molecule has 0 aliphatic heterocycles. The standard InChI is InChI=1S/C27H25N3O5/c31-24(29-18-12-17(25(32)33)14-28-15-18)13-27(10-5-11-27)30-26(34)35-16-23-21-8-3-1-6-19(21)20-7-2-4-9-22(20)23/h1-4,6-9,12,14-15,23H,5,10-11,13,16H2,(H,29,31)(H,30,34)(H,32,33). The number of anilines is 1. The minimum Gasteiger partial charge on any atom is -0.478 e. The first-order valence-corrected chi connectivity index (χ1v) is 11.6. The predicted molar refractivity (Wildman–Crippen MR) is 129 cm³/mol. The van der Waals surface area contributed by atoms with E-state index in [-0.39, 0.29) is 30.4 Å². The molecule has 2 amide bonds. The summed E-state index contributed by atoms with van der Waals surface area (Å²) in [6, 6.07) is 17.6. The van der Waals surface area contributed by atoms with Crippen LogP contribution in [-0.4, -0.2) is 40.2 Å². The molecule has 1 fully saturated rings. The van der Waals surface area contributed by atoms with Crippen LogP contribution in [0.25, 0.3) is 11.1 Å². The fourth-order valence-electron chi connectivity index (χ4n) is 4.94. The number of aromatic carboxylic acids is 1. The van der Waals surface area contributed by atoms with Crippen LogP contribution < -0.4 is 10.6 Å². The summed E-state index contributed by atoms with van der Waals surface area (Å²) in [7, 11) is 0. The van der Waals surface area contributed by atoms with E-state index in [1.807, 2.05) is 24.3 Å². The number of carbonyl (C=O) groups excluding carboxylic acids is 2. The number of alkyl carbamates (subject to hydrolysis) is 1. The number of hydrogen-bond donors (Lipinski definition) is 3. The maximum atomic E-state index is 12.8. The monoisotopic (exact) mass is 471 g/mol. The number of carboxylic acids is 1. The zero-order chi connectivity index (χ0) is 24.4. The van der Waals surface area contributed by atoms with E-state index in [4.69, 9.17) is 9.84 Å². The fraction of sp³-hybridized carbons (Fsp3) is 0.259. The Morgan fingerprint density at radius 2 is 1.66 bits per heavy atom. The summed E-state index contributed by atoms with van der Waals surface area (Å²) in [6.45, 7) is 0.204. The topological polar surface area (TPSA) is 118 Å². The van der Waals surface area contributed by atoms with Gasteiger partial charge in [0.1, 0.15) is 6.61 Å². The normalized spacial score (nSPS) is 15.3. The van der Waals surface area contributed by atoms with Crippen LogP contribution in [-0.2, 0) is 9.53 Å². The lowest BCUT2D eigenvalue weighted by Crippen LogP contribution is -2.55. The number of hydrogen-bond acceptors (Lipinski definition) is 5. The molecule has 1 saturated carbocycles. The Hall–Kier alpha value is -4.20. The molecule has 2 aliphatic carbocycles. The molecule has 3 N–H and O–H groups in total. The second-order valence-electron chi connectivity index (χ2n) is 9.08. The first-order valence-electron chi connectivity index (χ1n) is 11.6. The Morgan fingerprint density at radius 3 is 2.26 bits per heavy atom. The van der Waals surface area contributed by atoms with Gasteiger partial charge in [-0.15, -0.1) is 0 Å². The highest BCUT2D eigenvalue weighted by Crippen LogP contribution is 2.44. The van der Waals surface area contributed by atoms with Crippen molar-refractivity contribution in [3.8, 4) is 11.1 Å². The Labute approximate surface area is 202 Å². The van der Waals surface area contributed by atoms with Gasteiger partial charge in [-0.05, 0) is 47.6 Å². The van der Waals surface area contributed by atoms with Crippen LogP contribution >= 0.6 is 0 Å². The van der Waals surface area contributed by atoms with Gasteiger partial charge in [0.15, 0.2) is 0 Å². The van der Waals surface area contributed by atoms with E-state index in [0.29, 0.717) is 18.5 Å². The third-order valence-electron chi connectivity index (χ3n) is 6.79. The molecule has 1 heterocycles. The van der Waals surface area contributed by atoms with Crippen molar-refractivity contribution >= 4 is 23.7 Å². The van der Waals surface area contributed by atoms with Gasteiger partial charge in [0.2, 0.25) is 5.91 Å². The van der Waals surface area contributed by atoms with E-state index in [9.17, 15) is 14.4 Å². The lowest BCUT2D eigenvalue weighted by molar-refractivity contribution is -0.118. The number of aromatic nitrogens is 1. The fourth-order valence-corrected chi connectivity index (χ4v) is 4.94. The van der Waals surface area contributed by atoms with Crippen molar-refractivity contribution in [3.63, 3.8) is 0 Å². The summed E-state index contributed by atoms with van der Waals surface area (Å²) in [4.78, 5) is 40.4. The largest absolute Gasteiger partial charge is 0.478 e. The molecule has 3 aromatic rings. The number of carboxylic acid groups (broad SMARTS) is 1. The van der Waals surface area contributed by atoms with Crippen LogP contribution in [0.1, 0.15) is 53.1 Å². The summed E-state index contributed by atoms with van der Waals surface area (Å²) in [5.41, 5.74) is 4.19. The average Bonchev–Trinajstić information content (AvgIpc) is 3.15. The smallest absolute Gasteiger partial charge is 0.407 e. The minimum atomic E-state index is -1.12. The maximum absolute atomic E-state index is 12.8. The number of rotatable bonds is 7. The molecule has 35 heavy (non-hydrogen) atoms. The third-order valence-corrected chi connectivity index (χ3v) is 6.79. The molecule has 0 saturated heterocycles. The Kier molecular flexibility index (Phi) is 5.94. The third kappa shape index (κ3) is 4.59. The predicted octanol–water partition coefficient (Wildman–Crippen LogP) is 4.57. The van der Waals surface area contributed by atoms with Crippen molar-refractivity contribution < 1.29 is 24.2 Å². The summed E-state index contributed by atoms with van der Waals surface area (Å²) in [5, 5.41) is 14.7. The molecule has 0 bridgehead atoms. The zero-order valence-electron chi connectivity index (χ0n) is 19.0. The highest BCUT2D eigenvalue weighted by Gasteiger charge is 2.41. The number of benzene rings is 2. The zero-order valence-corrected chi connectivity index (χ0v) is 19.0. The molecule has 8 heteroatoms. The van der Waals surface area contributed by atoms with Crippen molar-refractivity contribution in [2.45, 2.75) is 37.1 Å². The molecule has 0 atom stereocenters. The Balaban J connectivity index is 1.21. The van der Waals surface area contributed by atoms with Gasteiger partial charge in [0, 0.05) is 12.1 Å². The SMILES string of the molecule is O=C(CC1(NC(=O)OCC2c3ccccc3-c3ccccc32)CCC1)Nc1cncc(C(=O)O)c1. The van der Waals surface area contributed by atoms with Gasteiger partial charge in [-0.1, -0.05) is 48.5 Å². The van der Waals surface area contributed by atoms with E-state index >= 15 is 0 Å². The molecule has 0 spiro atoms. The van der Waals surface area contributed by atoms with Crippen molar-refractivity contribution in [1.82, 2.24) is 10.3 Å². The van der Waals surface area contributed by atoms with Crippen LogP contribution in [0.4, 0.5) is 10.5 Å². The number of fused-ring (bicyclic) bond motifs is 3. The highest BCUT2D eigenvalue weighted by molar-refractivity contribution is 5.94. The summed E-state index contributed by atoms with van der Waals surface area (Å²) in [5.74, 6) is -1.49. The van der Waals surface area contributed by atoms with E-state index < -0.39 is 17.6 Å². The average molecular weight is 472 g/mol. The Bertz CT molecular complexity index is 1260. The molecular formula is C27H25N3O5. The second-order valence-corrected chi connectivity index (χ2v) is 9.08. The van der Waals surface area contributed by atoms with Crippen molar-refractivity contribution in [3.05, 3.63) is 83.7 Å². The van der Waals surface area contributed by atoms with Gasteiger partial charge in [-0.3, -0.25) is 9.78 Å². The molecular weight excluding hydrogens is 446 g/mol. The van der Waals surface area contributed by atoms with E-state index in [2.05, 4.69) is 39.9 Å². The van der Waals surface area contributed by atoms with Crippen LogP contribution in [0.5, 0.6) is 0 Å². The molecule has 2 aromatic carbocycles. The maximum Gasteiger partial charge on any atom is 0.407 e. The minimum absolute atomic E-state index is 0.0158. The van der Waals surface area contributed by atoms with Gasteiger partial charge in [0.25, 0.3) is 0 Å². The first-order chi connectivity index (χ1) is 16.9. The lowest BCUT2D eigenvalue weighted by atomic mass is 9.74. The number of pyridine rings is 1. The lowest BCUT2D eigenvalue weighted by Gasteiger charge is -2.41. The summed E-state index contributed by atoms with van der Waals surface area (Å²) in [6.07, 6.45) is 4.34. The van der Waals surface area contributed by atoms with Gasteiger partial charge in [-0.2, -0.15) is 0 Å².